The third-order valence-corrected chi connectivity index (χ3v) is 4.56. The van der Waals surface area contributed by atoms with E-state index in [9.17, 15) is 25.2 Å². The van der Waals surface area contributed by atoms with Gasteiger partial charge in [-0.3, -0.25) is 0 Å². The van der Waals surface area contributed by atoms with E-state index in [1.54, 1.807) is 48.5 Å². The number of aliphatic hydroxyl groups excluding tert-OH is 4. The molecule has 0 radical (unpaired) electrons. The fourth-order valence-electron chi connectivity index (χ4n) is 3.06. The molecular weight excluding hydrogens is 352 g/mol. The molecule has 2 aromatic rings. The van der Waals surface area contributed by atoms with E-state index in [2.05, 4.69) is 0 Å². The first-order valence-electron chi connectivity index (χ1n) is 8.64. The van der Waals surface area contributed by atoms with Crippen molar-refractivity contribution in [3.05, 3.63) is 59.7 Å². The van der Waals surface area contributed by atoms with Crippen LogP contribution in [0.1, 0.15) is 17.2 Å². The maximum Gasteiger partial charge on any atom is 0.127 e. The maximum absolute atomic E-state index is 10.5. The number of hydrogen-bond donors (Lipinski definition) is 4. The Morgan fingerprint density at radius 3 is 2.37 bits per heavy atom. The van der Waals surface area contributed by atoms with E-state index >= 15 is 0 Å². The zero-order valence-electron chi connectivity index (χ0n) is 14.5. The van der Waals surface area contributed by atoms with Crippen molar-refractivity contribution < 1.29 is 34.7 Å². The Balaban J connectivity index is 1.77. The molecule has 7 nitrogen and oxygen atoms in total. The second-order valence-electron chi connectivity index (χ2n) is 6.44. The van der Waals surface area contributed by atoms with Crippen LogP contribution in [0.4, 0.5) is 0 Å². The van der Waals surface area contributed by atoms with Crippen molar-refractivity contribution in [1.29, 1.82) is 0 Å². The molecule has 0 unspecified atom stereocenters. The molecule has 0 saturated carbocycles. The summed E-state index contributed by atoms with van der Waals surface area (Å²) in [6, 6.07) is 13.9. The van der Waals surface area contributed by atoms with Gasteiger partial charge in [0.25, 0.3) is 0 Å². The predicted octanol–water partition coefficient (Wildman–Crippen LogP) is 0.735. The number of ether oxygens (including phenoxy) is 2. The van der Waals surface area contributed by atoms with Crippen molar-refractivity contribution in [3.63, 3.8) is 0 Å². The van der Waals surface area contributed by atoms with Crippen molar-refractivity contribution in [2.75, 3.05) is 6.61 Å². The Morgan fingerprint density at radius 2 is 1.70 bits per heavy atom. The summed E-state index contributed by atoms with van der Waals surface area (Å²) in [7, 11) is 0. The molecule has 0 bridgehead atoms. The van der Waals surface area contributed by atoms with E-state index in [0.717, 1.165) is 11.8 Å². The number of benzene rings is 2. The number of hydrogen-bond acceptors (Lipinski definition) is 7. The number of aliphatic hydroxyl groups is 4. The van der Waals surface area contributed by atoms with Crippen LogP contribution < -0.4 is 4.74 Å². The molecule has 0 spiro atoms. The van der Waals surface area contributed by atoms with Gasteiger partial charge >= 0.3 is 0 Å². The van der Waals surface area contributed by atoms with Gasteiger partial charge in [-0.15, -0.1) is 0 Å². The van der Waals surface area contributed by atoms with Crippen LogP contribution in [0, 0.1) is 0 Å². The quantitative estimate of drug-likeness (QED) is 0.551. The largest absolute Gasteiger partial charge is 0.457 e. The summed E-state index contributed by atoms with van der Waals surface area (Å²) in [5, 5.41) is 39.4. The number of aldehydes is 1. The fourth-order valence-corrected chi connectivity index (χ4v) is 3.06. The Labute approximate surface area is 156 Å². The summed E-state index contributed by atoms with van der Waals surface area (Å²) >= 11 is 0. The Morgan fingerprint density at radius 1 is 0.963 bits per heavy atom. The van der Waals surface area contributed by atoms with Crippen LogP contribution >= 0.6 is 0 Å². The van der Waals surface area contributed by atoms with Crippen molar-refractivity contribution in [1.82, 2.24) is 0 Å². The molecule has 1 aliphatic heterocycles. The van der Waals surface area contributed by atoms with Crippen molar-refractivity contribution in [2.45, 2.75) is 36.9 Å². The van der Waals surface area contributed by atoms with Crippen molar-refractivity contribution >= 4 is 6.29 Å². The van der Waals surface area contributed by atoms with Crippen LogP contribution in [0.25, 0.3) is 0 Å². The molecule has 1 fully saturated rings. The molecule has 5 atom stereocenters. The molecule has 4 N–H and O–H groups in total. The highest BCUT2D eigenvalue weighted by Gasteiger charge is 2.43. The molecule has 144 valence electrons. The zero-order valence-corrected chi connectivity index (χ0v) is 14.5. The van der Waals surface area contributed by atoms with E-state index in [1.165, 1.54) is 0 Å². The van der Waals surface area contributed by atoms with Gasteiger partial charge in [-0.2, -0.15) is 0 Å². The Kier molecular flexibility index (Phi) is 6.20. The lowest BCUT2D eigenvalue weighted by molar-refractivity contribution is -0.231. The molecule has 3 rings (SSSR count). The molecular formula is C20H22O7. The smallest absolute Gasteiger partial charge is 0.127 e. The molecule has 1 aliphatic rings. The van der Waals surface area contributed by atoms with Crippen LogP contribution in [0.2, 0.25) is 0 Å². The lowest BCUT2D eigenvalue weighted by Gasteiger charge is -2.40. The van der Waals surface area contributed by atoms with Gasteiger partial charge in [0.2, 0.25) is 0 Å². The summed E-state index contributed by atoms with van der Waals surface area (Å²) in [6.45, 7) is -0.481. The van der Waals surface area contributed by atoms with Crippen molar-refractivity contribution in [3.8, 4) is 11.5 Å². The van der Waals surface area contributed by atoms with Crippen LogP contribution in [0.3, 0.4) is 0 Å². The van der Waals surface area contributed by atoms with Gasteiger partial charge in [-0.05, 0) is 35.4 Å². The molecule has 27 heavy (non-hydrogen) atoms. The van der Waals surface area contributed by atoms with E-state index in [4.69, 9.17) is 9.47 Å². The van der Waals surface area contributed by atoms with Gasteiger partial charge in [0.15, 0.2) is 0 Å². The van der Waals surface area contributed by atoms with E-state index in [0.29, 0.717) is 23.5 Å². The van der Waals surface area contributed by atoms with Gasteiger partial charge in [0, 0.05) is 6.42 Å². The Hall–Kier alpha value is -2.29. The van der Waals surface area contributed by atoms with E-state index in [-0.39, 0.29) is 0 Å². The monoisotopic (exact) mass is 374 g/mol. The number of carbonyl (C=O) groups is 1. The topological polar surface area (TPSA) is 116 Å². The molecule has 0 aliphatic carbocycles. The highest BCUT2D eigenvalue weighted by Crippen LogP contribution is 2.34. The van der Waals surface area contributed by atoms with Gasteiger partial charge in [-0.1, -0.05) is 24.3 Å². The highest BCUT2D eigenvalue weighted by atomic mass is 16.5. The SMILES string of the molecule is O=CCc1ccc(Oc2cccc([C@H]3O[C@H](CO)[C@@H](O)[C@H](O)[C@@H]3O)c2)cc1. The highest BCUT2D eigenvalue weighted by molar-refractivity contribution is 5.55. The first-order valence-corrected chi connectivity index (χ1v) is 8.64. The van der Waals surface area contributed by atoms with Gasteiger partial charge in [0.05, 0.1) is 6.61 Å². The molecule has 1 heterocycles. The lowest BCUT2D eigenvalue weighted by atomic mass is 9.91. The minimum atomic E-state index is -1.43. The first kappa shape index (κ1) is 19.5. The third kappa shape index (κ3) is 4.35. The molecule has 2 aromatic carbocycles. The summed E-state index contributed by atoms with van der Waals surface area (Å²) in [4.78, 5) is 10.5. The molecule has 0 aromatic heterocycles. The predicted molar refractivity (Wildman–Crippen MR) is 95.4 cm³/mol. The average Bonchev–Trinajstić information content (AvgIpc) is 2.68. The molecule has 7 heteroatoms. The second-order valence-corrected chi connectivity index (χ2v) is 6.44. The third-order valence-electron chi connectivity index (χ3n) is 4.56. The zero-order chi connectivity index (χ0) is 19.4. The van der Waals surface area contributed by atoms with Crippen LogP contribution in [-0.2, 0) is 16.0 Å². The standard InChI is InChI=1S/C20H22O7/c21-9-8-12-4-6-14(7-5-12)26-15-3-1-2-13(10-15)20-19(25)18(24)17(23)16(11-22)27-20/h1-7,9-10,16-20,22-25H,8,11H2/t16-,17-,18+,19+,20-/m1/s1. The van der Waals surface area contributed by atoms with Crippen LogP contribution in [0.15, 0.2) is 48.5 Å². The molecule has 1 saturated heterocycles. The first-order chi connectivity index (χ1) is 13.0. The Bertz CT molecular complexity index is 759. The minimum absolute atomic E-state index is 0.340. The van der Waals surface area contributed by atoms with Gasteiger partial charge in [-0.25, -0.2) is 0 Å². The van der Waals surface area contributed by atoms with E-state index < -0.39 is 37.1 Å². The molecule has 0 amide bonds. The summed E-state index contributed by atoms with van der Waals surface area (Å²) in [5.74, 6) is 1.07. The summed E-state index contributed by atoms with van der Waals surface area (Å²) in [6.07, 6.45) is -4.89. The van der Waals surface area contributed by atoms with Gasteiger partial charge < -0.3 is 34.7 Å². The summed E-state index contributed by atoms with van der Waals surface area (Å²) < 4.78 is 11.4. The number of rotatable bonds is 6. The van der Waals surface area contributed by atoms with Crippen LogP contribution in [-0.4, -0.2) is 57.7 Å². The normalized spacial score (nSPS) is 27.9. The number of carbonyl (C=O) groups excluding carboxylic acids is 1. The van der Waals surface area contributed by atoms with Gasteiger partial charge in [0.1, 0.15) is 48.3 Å². The summed E-state index contributed by atoms with van der Waals surface area (Å²) in [5.41, 5.74) is 1.43. The minimum Gasteiger partial charge on any atom is -0.457 e. The maximum atomic E-state index is 10.5. The second kappa shape index (κ2) is 8.60. The lowest BCUT2D eigenvalue weighted by Crippen LogP contribution is -2.55. The fraction of sp³-hybridized carbons (Fsp3) is 0.350. The average molecular weight is 374 g/mol. The van der Waals surface area contributed by atoms with Crippen LogP contribution in [0.5, 0.6) is 11.5 Å². The van der Waals surface area contributed by atoms with E-state index in [1.807, 2.05) is 0 Å². The van der Waals surface area contributed by atoms with Crippen molar-refractivity contribution in [2.24, 2.45) is 0 Å².